The molecular weight excluding hydrogens is 388 g/mol. The standard InChI is InChI=1S/C25H32N4O2/c1-20(30)28-16-14-27(15-17-28)19-23-6-2-3-7-24(23)26-18-21-8-10-22(11-9-21)25(31)29-12-4-5-13-29/h2-3,6-11,26H,4-5,12-19H2,1H3. The van der Waals surface area contributed by atoms with Crippen LogP contribution in [0.5, 0.6) is 0 Å². The van der Waals surface area contributed by atoms with Crippen LogP contribution in [0.4, 0.5) is 5.69 Å². The van der Waals surface area contributed by atoms with E-state index in [0.717, 1.165) is 75.5 Å². The molecular formula is C25H32N4O2. The van der Waals surface area contributed by atoms with Gasteiger partial charge in [-0.05, 0) is 42.2 Å². The first-order chi connectivity index (χ1) is 15.1. The third-order valence-electron chi connectivity index (χ3n) is 6.31. The zero-order chi connectivity index (χ0) is 21.6. The van der Waals surface area contributed by atoms with E-state index in [-0.39, 0.29) is 11.8 Å². The predicted octanol–water partition coefficient (Wildman–Crippen LogP) is 3.20. The van der Waals surface area contributed by atoms with Crippen molar-refractivity contribution >= 4 is 17.5 Å². The molecule has 2 fully saturated rings. The van der Waals surface area contributed by atoms with Crippen LogP contribution >= 0.6 is 0 Å². The molecule has 6 nitrogen and oxygen atoms in total. The van der Waals surface area contributed by atoms with Crippen LogP contribution in [0.15, 0.2) is 48.5 Å². The highest BCUT2D eigenvalue weighted by molar-refractivity contribution is 5.94. The van der Waals surface area contributed by atoms with Crippen LogP contribution in [-0.2, 0) is 17.9 Å². The van der Waals surface area contributed by atoms with Gasteiger partial charge < -0.3 is 15.1 Å². The monoisotopic (exact) mass is 420 g/mol. The van der Waals surface area contributed by atoms with E-state index in [1.807, 2.05) is 34.1 Å². The second kappa shape index (κ2) is 9.96. The zero-order valence-corrected chi connectivity index (χ0v) is 18.3. The second-order valence-electron chi connectivity index (χ2n) is 8.49. The Morgan fingerprint density at radius 1 is 0.839 bits per heavy atom. The van der Waals surface area contributed by atoms with Crippen LogP contribution in [0.1, 0.15) is 41.3 Å². The van der Waals surface area contributed by atoms with Gasteiger partial charge in [0.2, 0.25) is 5.91 Å². The number of nitrogens with zero attached hydrogens (tertiary/aromatic N) is 3. The van der Waals surface area contributed by atoms with Crippen LogP contribution in [-0.4, -0.2) is 65.8 Å². The van der Waals surface area contributed by atoms with Crippen LogP contribution in [0.25, 0.3) is 0 Å². The van der Waals surface area contributed by atoms with Crippen LogP contribution < -0.4 is 5.32 Å². The molecule has 2 aliphatic rings. The van der Waals surface area contributed by atoms with Gasteiger partial charge in [0.15, 0.2) is 0 Å². The Kier molecular flexibility index (Phi) is 6.87. The van der Waals surface area contributed by atoms with Gasteiger partial charge in [-0.1, -0.05) is 30.3 Å². The van der Waals surface area contributed by atoms with Gasteiger partial charge in [0.05, 0.1) is 0 Å². The minimum absolute atomic E-state index is 0.146. The molecule has 2 saturated heterocycles. The summed E-state index contributed by atoms with van der Waals surface area (Å²) in [6.45, 7) is 8.39. The Labute approximate surface area is 184 Å². The fourth-order valence-electron chi connectivity index (χ4n) is 4.36. The molecule has 0 saturated carbocycles. The third-order valence-corrected chi connectivity index (χ3v) is 6.31. The molecule has 0 spiro atoms. The summed E-state index contributed by atoms with van der Waals surface area (Å²) in [5.41, 5.74) is 4.33. The Morgan fingerprint density at radius 2 is 1.52 bits per heavy atom. The highest BCUT2D eigenvalue weighted by atomic mass is 16.2. The third kappa shape index (κ3) is 5.44. The number of benzene rings is 2. The molecule has 2 aliphatic heterocycles. The first-order valence-electron chi connectivity index (χ1n) is 11.3. The molecule has 31 heavy (non-hydrogen) atoms. The van der Waals surface area contributed by atoms with Crippen molar-refractivity contribution in [2.45, 2.75) is 32.9 Å². The number of likely N-dealkylation sites (tertiary alicyclic amines) is 1. The number of para-hydroxylation sites is 1. The van der Waals surface area contributed by atoms with Crippen molar-refractivity contribution in [2.24, 2.45) is 0 Å². The first kappa shape index (κ1) is 21.4. The fourth-order valence-corrected chi connectivity index (χ4v) is 4.36. The molecule has 2 amide bonds. The quantitative estimate of drug-likeness (QED) is 0.780. The summed E-state index contributed by atoms with van der Waals surface area (Å²) in [6.07, 6.45) is 2.22. The Balaban J connectivity index is 1.33. The lowest BCUT2D eigenvalue weighted by molar-refractivity contribution is -0.130. The highest BCUT2D eigenvalue weighted by Crippen LogP contribution is 2.20. The molecule has 0 radical (unpaired) electrons. The van der Waals surface area contributed by atoms with E-state index >= 15 is 0 Å². The Morgan fingerprint density at radius 3 is 2.19 bits per heavy atom. The van der Waals surface area contributed by atoms with Crippen molar-refractivity contribution in [1.29, 1.82) is 0 Å². The number of nitrogens with one attached hydrogen (secondary N) is 1. The van der Waals surface area contributed by atoms with E-state index in [1.165, 1.54) is 5.56 Å². The summed E-state index contributed by atoms with van der Waals surface area (Å²) >= 11 is 0. The minimum Gasteiger partial charge on any atom is -0.381 e. The maximum atomic E-state index is 12.5. The number of piperazine rings is 1. The smallest absolute Gasteiger partial charge is 0.253 e. The SMILES string of the molecule is CC(=O)N1CCN(Cc2ccccc2NCc2ccc(C(=O)N3CCCC3)cc2)CC1. The number of hydrogen-bond acceptors (Lipinski definition) is 4. The fraction of sp³-hybridized carbons (Fsp3) is 0.440. The van der Waals surface area contributed by atoms with Gasteiger partial charge in [-0.2, -0.15) is 0 Å². The number of carbonyl (C=O) groups excluding carboxylic acids is 2. The lowest BCUT2D eigenvalue weighted by Crippen LogP contribution is -2.47. The number of anilines is 1. The van der Waals surface area contributed by atoms with Gasteiger partial charge in [0.25, 0.3) is 5.91 Å². The summed E-state index contributed by atoms with van der Waals surface area (Å²) in [7, 11) is 0. The summed E-state index contributed by atoms with van der Waals surface area (Å²) in [4.78, 5) is 30.3. The average Bonchev–Trinajstić information content (AvgIpc) is 3.34. The van der Waals surface area contributed by atoms with Crippen molar-refractivity contribution in [3.05, 3.63) is 65.2 Å². The second-order valence-corrected chi connectivity index (χ2v) is 8.49. The van der Waals surface area contributed by atoms with Gasteiger partial charge in [0, 0.05) is 70.5 Å². The van der Waals surface area contributed by atoms with Gasteiger partial charge in [-0.3, -0.25) is 14.5 Å². The van der Waals surface area contributed by atoms with Crippen molar-refractivity contribution in [3.63, 3.8) is 0 Å². The topological polar surface area (TPSA) is 55.9 Å². The molecule has 0 aromatic heterocycles. The molecule has 2 aromatic carbocycles. The molecule has 0 bridgehead atoms. The summed E-state index contributed by atoms with van der Waals surface area (Å²) in [5.74, 6) is 0.307. The van der Waals surface area contributed by atoms with E-state index in [2.05, 4.69) is 34.5 Å². The lowest BCUT2D eigenvalue weighted by atomic mass is 10.1. The van der Waals surface area contributed by atoms with Crippen LogP contribution in [0.3, 0.4) is 0 Å². The summed E-state index contributed by atoms with van der Waals surface area (Å²) < 4.78 is 0. The summed E-state index contributed by atoms with van der Waals surface area (Å²) in [6, 6.07) is 16.4. The largest absolute Gasteiger partial charge is 0.381 e. The molecule has 164 valence electrons. The Bertz CT molecular complexity index is 898. The van der Waals surface area contributed by atoms with Gasteiger partial charge >= 0.3 is 0 Å². The summed E-state index contributed by atoms with van der Waals surface area (Å²) in [5, 5.41) is 3.56. The van der Waals surface area contributed by atoms with E-state index in [9.17, 15) is 9.59 Å². The van der Waals surface area contributed by atoms with Gasteiger partial charge in [-0.25, -0.2) is 0 Å². The van der Waals surface area contributed by atoms with E-state index in [4.69, 9.17) is 0 Å². The highest BCUT2D eigenvalue weighted by Gasteiger charge is 2.20. The molecule has 4 rings (SSSR count). The van der Waals surface area contributed by atoms with Crippen molar-refractivity contribution in [1.82, 2.24) is 14.7 Å². The number of hydrogen-bond donors (Lipinski definition) is 1. The van der Waals surface area contributed by atoms with Crippen LogP contribution in [0.2, 0.25) is 0 Å². The van der Waals surface area contributed by atoms with Gasteiger partial charge in [0.1, 0.15) is 0 Å². The molecule has 0 unspecified atom stereocenters. The Hall–Kier alpha value is -2.86. The maximum absolute atomic E-state index is 12.5. The lowest BCUT2D eigenvalue weighted by Gasteiger charge is -2.34. The average molecular weight is 421 g/mol. The van der Waals surface area contributed by atoms with Gasteiger partial charge in [-0.15, -0.1) is 0 Å². The number of carbonyl (C=O) groups is 2. The molecule has 6 heteroatoms. The maximum Gasteiger partial charge on any atom is 0.253 e. The molecule has 2 heterocycles. The first-order valence-corrected chi connectivity index (χ1v) is 11.3. The molecule has 0 atom stereocenters. The molecule has 2 aromatic rings. The van der Waals surface area contributed by atoms with E-state index in [1.54, 1.807) is 6.92 Å². The number of rotatable bonds is 6. The zero-order valence-electron chi connectivity index (χ0n) is 18.3. The van der Waals surface area contributed by atoms with E-state index < -0.39 is 0 Å². The normalized spacial score (nSPS) is 17.1. The van der Waals surface area contributed by atoms with Crippen molar-refractivity contribution in [2.75, 3.05) is 44.6 Å². The molecule has 1 N–H and O–H groups in total. The molecule has 0 aliphatic carbocycles. The van der Waals surface area contributed by atoms with Crippen molar-refractivity contribution < 1.29 is 9.59 Å². The van der Waals surface area contributed by atoms with Crippen molar-refractivity contribution in [3.8, 4) is 0 Å². The van der Waals surface area contributed by atoms with Crippen LogP contribution in [0, 0.1) is 0 Å². The minimum atomic E-state index is 0.146. The van der Waals surface area contributed by atoms with E-state index in [0.29, 0.717) is 6.54 Å². The number of amides is 2. The predicted molar refractivity (Wildman–Crippen MR) is 123 cm³/mol.